The van der Waals surface area contributed by atoms with Gasteiger partial charge in [-0.1, -0.05) is 23.5 Å². The Labute approximate surface area is 230 Å². The van der Waals surface area contributed by atoms with Gasteiger partial charge in [0.2, 0.25) is 0 Å². The lowest BCUT2D eigenvalue weighted by Crippen LogP contribution is -2.39. The van der Waals surface area contributed by atoms with Crippen molar-refractivity contribution in [1.29, 1.82) is 0 Å². The number of methoxy groups -OCH3 is 1. The van der Waals surface area contributed by atoms with Crippen LogP contribution in [0.15, 0.2) is 80.1 Å². The van der Waals surface area contributed by atoms with Crippen molar-refractivity contribution in [3.8, 4) is 17.1 Å². The first-order valence-electron chi connectivity index (χ1n) is 12.1. The van der Waals surface area contributed by atoms with Crippen LogP contribution in [0.5, 0.6) is 5.75 Å². The van der Waals surface area contributed by atoms with Crippen molar-refractivity contribution in [2.24, 2.45) is 4.99 Å². The van der Waals surface area contributed by atoms with E-state index in [1.807, 2.05) is 0 Å². The number of allylic oxidation sites excluding steroid dienone is 1. The van der Waals surface area contributed by atoms with E-state index < -0.39 is 28.3 Å². The van der Waals surface area contributed by atoms with Gasteiger partial charge >= 0.3 is 5.97 Å². The van der Waals surface area contributed by atoms with Gasteiger partial charge in [0.15, 0.2) is 4.80 Å². The van der Waals surface area contributed by atoms with E-state index >= 15 is 0 Å². The van der Waals surface area contributed by atoms with Gasteiger partial charge in [-0.05, 0) is 49.7 Å². The van der Waals surface area contributed by atoms with Crippen molar-refractivity contribution in [1.82, 2.24) is 4.57 Å². The molecule has 10 nitrogen and oxygen atoms in total. The molecule has 0 aliphatic carbocycles. The Kier molecular flexibility index (Phi) is 7.18. The molecule has 2 aromatic heterocycles. The number of benzene rings is 2. The summed E-state index contributed by atoms with van der Waals surface area (Å²) in [4.78, 5) is 42.2. The number of esters is 1. The monoisotopic (exact) mass is 563 g/mol. The fraction of sp³-hybridized carbons (Fsp3) is 0.179. The van der Waals surface area contributed by atoms with Crippen LogP contribution in [0.1, 0.15) is 31.2 Å². The third kappa shape index (κ3) is 4.84. The van der Waals surface area contributed by atoms with Gasteiger partial charge in [0.25, 0.3) is 11.2 Å². The predicted octanol–water partition coefficient (Wildman–Crippen LogP) is 4.11. The first kappa shape index (κ1) is 26.8. The highest BCUT2D eigenvalue weighted by Gasteiger charge is 2.33. The second kappa shape index (κ2) is 10.7. The van der Waals surface area contributed by atoms with E-state index in [0.29, 0.717) is 38.9 Å². The molecule has 40 heavy (non-hydrogen) atoms. The molecule has 5 rings (SSSR count). The van der Waals surface area contributed by atoms with E-state index in [1.54, 1.807) is 26.0 Å². The fourth-order valence-electron chi connectivity index (χ4n) is 4.46. The lowest BCUT2D eigenvalue weighted by Gasteiger charge is -2.24. The molecule has 0 amide bonds. The summed E-state index contributed by atoms with van der Waals surface area (Å²) in [5.74, 6) is -0.0673. The summed E-state index contributed by atoms with van der Waals surface area (Å²) in [6.07, 6.45) is 1.53. The SMILES string of the molecule is CCOC(=O)C1=C(C)N=c2s/c(=C/c3ccc(-c4cc([N+](=O)[O-])ccc4OC)o3)c(=O)n2C1c1ccc(F)cc1. The Bertz CT molecular complexity index is 1850. The smallest absolute Gasteiger partial charge is 0.338 e. The summed E-state index contributed by atoms with van der Waals surface area (Å²) >= 11 is 1.10. The van der Waals surface area contributed by atoms with Crippen LogP contribution in [0.4, 0.5) is 10.1 Å². The number of nitro groups is 1. The molecule has 4 aromatic rings. The van der Waals surface area contributed by atoms with Gasteiger partial charge in [-0.25, -0.2) is 14.2 Å². The minimum Gasteiger partial charge on any atom is -0.496 e. The molecule has 1 atom stereocenters. The number of rotatable bonds is 7. The summed E-state index contributed by atoms with van der Waals surface area (Å²) in [7, 11) is 1.44. The van der Waals surface area contributed by atoms with E-state index in [2.05, 4.69) is 4.99 Å². The van der Waals surface area contributed by atoms with Crippen LogP contribution in [-0.2, 0) is 9.53 Å². The number of thiazole rings is 1. The molecule has 0 spiro atoms. The van der Waals surface area contributed by atoms with Crippen LogP contribution < -0.4 is 19.6 Å². The topological polar surface area (TPSA) is 126 Å². The Morgan fingerprint density at radius 3 is 2.65 bits per heavy atom. The molecule has 1 aliphatic heterocycles. The largest absolute Gasteiger partial charge is 0.496 e. The standard InChI is InChI=1S/C28H22FN3O7S/c1-4-38-27(34)24-15(2)30-28-31(25(24)16-5-7-17(29)8-6-16)26(33)23(40-28)14-19-10-12-22(39-19)20-13-18(32(35)36)9-11-21(20)37-3/h5-14,25H,4H2,1-3H3/b23-14+. The average molecular weight is 564 g/mol. The van der Waals surface area contributed by atoms with Gasteiger partial charge in [-0.15, -0.1) is 0 Å². The molecule has 2 aromatic carbocycles. The van der Waals surface area contributed by atoms with Gasteiger partial charge in [0, 0.05) is 18.2 Å². The van der Waals surface area contributed by atoms with Crippen LogP contribution in [-0.4, -0.2) is 29.2 Å². The summed E-state index contributed by atoms with van der Waals surface area (Å²) in [5, 5.41) is 11.3. The molecule has 3 heterocycles. The third-order valence-corrected chi connectivity index (χ3v) is 7.25. The Morgan fingerprint density at radius 1 is 1.23 bits per heavy atom. The minimum atomic E-state index is -0.876. The lowest BCUT2D eigenvalue weighted by atomic mass is 9.96. The number of carbonyl (C=O) groups excluding carboxylic acids is 1. The molecule has 0 bridgehead atoms. The first-order chi connectivity index (χ1) is 19.2. The van der Waals surface area contributed by atoms with E-state index in [4.69, 9.17) is 13.9 Å². The summed E-state index contributed by atoms with van der Waals surface area (Å²) in [6.45, 7) is 3.47. The molecule has 0 saturated heterocycles. The van der Waals surface area contributed by atoms with Crippen molar-refractivity contribution >= 4 is 29.1 Å². The van der Waals surface area contributed by atoms with Gasteiger partial charge in [-0.3, -0.25) is 19.5 Å². The molecule has 12 heteroatoms. The van der Waals surface area contributed by atoms with Crippen molar-refractivity contribution in [3.05, 3.63) is 113 Å². The second-order valence-electron chi connectivity index (χ2n) is 8.70. The molecule has 204 valence electrons. The molecule has 1 unspecified atom stereocenters. The number of furan rings is 1. The van der Waals surface area contributed by atoms with Crippen LogP contribution in [0.3, 0.4) is 0 Å². The molecular weight excluding hydrogens is 541 g/mol. The first-order valence-corrected chi connectivity index (χ1v) is 12.9. The zero-order valence-corrected chi connectivity index (χ0v) is 22.4. The number of hydrogen-bond donors (Lipinski definition) is 0. The van der Waals surface area contributed by atoms with Crippen molar-refractivity contribution in [2.75, 3.05) is 13.7 Å². The predicted molar refractivity (Wildman–Crippen MR) is 144 cm³/mol. The maximum absolute atomic E-state index is 13.7. The van der Waals surface area contributed by atoms with Gasteiger partial charge in [-0.2, -0.15) is 0 Å². The number of aromatic nitrogens is 1. The number of non-ortho nitro benzene ring substituents is 1. The summed E-state index contributed by atoms with van der Waals surface area (Å²) < 4.78 is 31.9. The van der Waals surface area contributed by atoms with Crippen molar-refractivity contribution < 1.29 is 28.0 Å². The zero-order valence-electron chi connectivity index (χ0n) is 21.5. The number of nitrogens with zero attached hydrogens (tertiary/aromatic N) is 3. The van der Waals surface area contributed by atoms with Crippen molar-refractivity contribution in [3.63, 3.8) is 0 Å². The molecular formula is C28H22FN3O7S. The Morgan fingerprint density at radius 2 is 1.98 bits per heavy atom. The number of fused-ring (bicyclic) bond motifs is 1. The van der Waals surface area contributed by atoms with E-state index in [0.717, 1.165) is 11.3 Å². The minimum absolute atomic E-state index is 0.129. The highest BCUT2D eigenvalue weighted by molar-refractivity contribution is 7.07. The Hall–Kier alpha value is -4.84. The molecule has 1 aliphatic rings. The van der Waals surface area contributed by atoms with E-state index in [9.17, 15) is 24.1 Å². The average Bonchev–Trinajstić information content (AvgIpc) is 3.52. The maximum Gasteiger partial charge on any atom is 0.338 e. The molecule has 0 fully saturated rings. The lowest BCUT2D eigenvalue weighted by molar-refractivity contribution is -0.384. The van der Waals surface area contributed by atoms with Crippen LogP contribution in [0, 0.1) is 15.9 Å². The van der Waals surface area contributed by atoms with Crippen LogP contribution in [0.25, 0.3) is 17.4 Å². The quantitative estimate of drug-likeness (QED) is 0.188. The summed E-state index contributed by atoms with van der Waals surface area (Å²) in [5.41, 5.74) is 0.909. The van der Waals surface area contributed by atoms with Crippen molar-refractivity contribution in [2.45, 2.75) is 19.9 Å². The normalized spacial score (nSPS) is 15.0. The Balaban J connectivity index is 1.63. The molecule has 0 radical (unpaired) electrons. The van der Waals surface area contributed by atoms with Crippen LogP contribution >= 0.6 is 11.3 Å². The zero-order chi connectivity index (χ0) is 28.6. The number of nitro benzene ring substituents is 1. The molecule has 0 N–H and O–H groups in total. The fourth-order valence-corrected chi connectivity index (χ4v) is 5.49. The van der Waals surface area contributed by atoms with Gasteiger partial charge < -0.3 is 13.9 Å². The maximum atomic E-state index is 13.7. The van der Waals surface area contributed by atoms with Gasteiger partial charge in [0.05, 0.1) is 46.0 Å². The van der Waals surface area contributed by atoms with E-state index in [1.165, 1.54) is 60.2 Å². The number of carbonyl (C=O) groups is 1. The summed E-state index contributed by atoms with van der Waals surface area (Å²) in [6, 6.07) is 12.1. The number of halogens is 1. The second-order valence-corrected chi connectivity index (χ2v) is 9.71. The third-order valence-electron chi connectivity index (χ3n) is 6.26. The number of hydrogen-bond acceptors (Lipinski definition) is 9. The van der Waals surface area contributed by atoms with Gasteiger partial charge in [0.1, 0.15) is 23.1 Å². The highest BCUT2D eigenvalue weighted by atomic mass is 32.1. The van der Waals surface area contributed by atoms with Crippen LogP contribution in [0.2, 0.25) is 0 Å². The molecule has 0 saturated carbocycles. The van der Waals surface area contributed by atoms with E-state index in [-0.39, 0.29) is 22.4 Å². The number of ether oxygens (including phenoxy) is 2. The highest BCUT2D eigenvalue weighted by Crippen LogP contribution is 2.35.